The summed E-state index contributed by atoms with van der Waals surface area (Å²) >= 11 is 0. The second kappa shape index (κ2) is 8.62. The van der Waals surface area contributed by atoms with Gasteiger partial charge in [0.1, 0.15) is 11.5 Å². The molecule has 2 aromatic heterocycles. The van der Waals surface area contributed by atoms with Gasteiger partial charge in [-0.05, 0) is 69.2 Å². The Labute approximate surface area is 197 Å². The Morgan fingerprint density at radius 3 is 2.38 bits per heavy atom. The molecule has 0 atom stereocenters. The first-order chi connectivity index (χ1) is 16.5. The van der Waals surface area contributed by atoms with Gasteiger partial charge in [0.2, 0.25) is 11.8 Å². The first-order valence-electron chi connectivity index (χ1n) is 11.1. The van der Waals surface area contributed by atoms with E-state index in [-0.39, 0.29) is 5.91 Å². The van der Waals surface area contributed by atoms with Crippen LogP contribution in [-0.4, -0.2) is 33.0 Å². The summed E-state index contributed by atoms with van der Waals surface area (Å²) in [6, 6.07) is 20.4. The van der Waals surface area contributed by atoms with Gasteiger partial charge >= 0.3 is 0 Å². The van der Waals surface area contributed by atoms with E-state index < -0.39 is 5.41 Å². The Kier molecular flexibility index (Phi) is 5.49. The van der Waals surface area contributed by atoms with Gasteiger partial charge in [-0.2, -0.15) is 5.10 Å². The Balaban J connectivity index is 1.25. The molecule has 34 heavy (non-hydrogen) atoms. The van der Waals surface area contributed by atoms with E-state index in [9.17, 15) is 4.79 Å². The first-order valence-corrected chi connectivity index (χ1v) is 11.1. The monoisotopic (exact) mass is 455 g/mol. The molecule has 8 nitrogen and oxygen atoms in total. The van der Waals surface area contributed by atoms with Gasteiger partial charge in [-0.25, -0.2) is 4.68 Å². The number of carbonyl (C=O) groups excluding carboxylic acids is 1. The number of benzene rings is 2. The highest BCUT2D eigenvalue weighted by Gasteiger charge is 2.52. The minimum absolute atomic E-state index is 0.0312. The number of nitrogens with one attached hydrogen (secondary N) is 1. The molecule has 0 aliphatic heterocycles. The normalized spacial score (nSPS) is 13.9. The van der Waals surface area contributed by atoms with Crippen molar-refractivity contribution in [1.82, 2.24) is 20.0 Å². The summed E-state index contributed by atoms with van der Waals surface area (Å²) < 4.78 is 13.0. The van der Waals surface area contributed by atoms with Crippen molar-refractivity contribution in [3.05, 3.63) is 83.7 Å². The molecule has 172 valence electrons. The maximum Gasteiger partial charge on any atom is 0.238 e. The van der Waals surface area contributed by atoms with Gasteiger partial charge < -0.3 is 14.8 Å². The number of aromatic nitrogens is 4. The van der Waals surface area contributed by atoms with E-state index >= 15 is 0 Å². The molecule has 2 aromatic carbocycles. The predicted molar refractivity (Wildman–Crippen MR) is 128 cm³/mol. The average Bonchev–Trinajstić information content (AvgIpc) is 3.59. The molecule has 0 radical (unpaired) electrons. The minimum atomic E-state index is -0.537. The number of rotatable bonds is 7. The van der Waals surface area contributed by atoms with E-state index in [1.165, 1.54) is 0 Å². The van der Waals surface area contributed by atoms with Crippen LogP contribution in [0.3, 0.4) is 0 Å². The van der Waals surface area contributed by atoms with Crippen LogP contribution in [0.2, 0.25) is 0 Å². The molecule has 1 aliphatic rings. The van der Waals surface area contributed by atoms with Crippen LogP contribution in [0.1, 0.15) is 29.8 Å². The van der Waals surface area contributed by atoms with Crippen LogP contribution in [-0.2, 0) is 10.2 Å². The molecular weight excluding hydrogens is 430 g/mol. The molecule has 1 saturated carbocycles. The predicted octanol–water partition coefficient (Wildman–Crippen LogP) is 4.75. The number of aryl methyl sites for hydroxylation is 2. The summed E-state index contributed by atoms with van der Waals surface area (Å²) in [5, 5.41) is 15.8. The topological polar surface area (TPSA) is 91.2 Å². The van der Waals surface area contributed by atoms with Crippen LogP contribution in [0, 0.1) is 13.8 Å². The van der Waals surface area contributed by atoms with Gasteiger partial charge in [-0.3, -0.25) is 4.79 Å². The van der Waals surface area contributed by atoms with Gasteiger partial charge in [0.05, 0.1) is 18.2 Å². The molecule has 1 amide bonds. The molecule has 0 spiro atoms. The molecule has 1 N–H and O–H groups in total. The smallest absolute Gasteiger partial charge is 0.238 e. The fourth-order valence-electron chi connectivity index (χ4n) is 4.10. The fourth-order valence-corrected chi connectivity index (χ4v) is 4.10. The van der Waals surface area contributed by atoms with Gasteiger partial charge in [0.25, 0.3) is 0 Å². The van der Waals surface area contributed by atoms with Crippen molar-refractivity contribution >= 4 is 11.6 Å². The van der Waals surface area contributed by atoms with Crippen LogP contribution in [0.4, 0.5) is 5.69 Å². The van der Waals surface area contributed by atoms with Crippen LogP contribution in [0.15, 0.2) is 66.7 Å². The molecule has 2 heterocycles. The first kappa shape index (κ1) is 21.6. The van der Waals surface area contributed by atoms with Crippen molar-refractivity contribution in [3.8, 4) is 23.2 Å². The molecule has 0 unspecified atom stereocenters. The lowest BCUT2D eigenvalue weighted by molar-refractivity contribution is -0.118. The molecule has 8 heteroatoms. The number of hydrogen-bond acceptors (Lipinski definition) is 6. The maximum atomic E-state index is 13.1. The highest BCUT2D eigenvalue weighted by atomic mass is 16.5. The van der Waals surface area contributed by atoms with E-state index in [0.717, 1.165) is 35.5 Å². The Hall–Kier alpha value is -4.20. The van der Waals surface area contributed by atoms with Gasteiger partial charge in [0, 0.05) is 23.0 Å². The number of nitrogens with zero attached hydrogens (tertiary/aromatic N) is 4. The van der Waals surface area contributed by atoms with Gasteiger partial charge in [0.15, 0.2) is 5.82 Å². The van der Waals surface area contributed by atoms with E-state index in [0.29, 0.717) is 23.1 Å². The van der Waals surface area contributed by atoms with Crippen LogP contribution in [0.5, 0.6) is 17.4 Å². The molecule has 0 bridgehead atoms. The second-order valence-corrected chi connectivity index (χ2v) is 8.43. The highest BCUT2D eigenvalue weighted by molar-refractivity contribution is 6.01. The zero-order valence-electron chi connectivity index (χ0n) is 19.3. The number of para-hydroxylation sites is 1. The number of methoxy groups -OCH3 is 1. The Morgan fingerprint density at radius 2 is 1.76 bits per heavy atom. The van der Waals surface area contributed by atoms with Crippen LogP contribution in [0.25, 0.3) is 5.82 Å². The van der Waals surface area contributed by atoms with Gasteiger partial charge in [-0.1, -0.05) is 18.2 Å². The van der Waals surface area contributed by atoms with Gasteiger partial charge in [-0.15, -0.1) is 10.2 Å². The summed E-state index contributed by atoms with van der Waals surface area (Å²) in [6.07, 6.45) is 1.60. The van der Waals surface area contributed by atoms with E-state index in [1.54, 1.807) is 30.0 Å². The number of hydrogen-bond donors (Lipinski definition) is 1. The van der Waals surface area contributed by atoms with Crippen molar-refractivity contribution in [3.63, 3.8) is 0 Å². The van der Waals surface area contributed by atoms with Crippen molar-refractivity contribution in [1.29, 1.82) is 0 Å². The standard InChI is InChI=1S/C26H25N5O3/c1-17-16-18(2)31(30-17)23-12-13-24(29-28-23)34-20-10-8-19(9-11-20)27-25(32)26(14-15-26)21-6-4-5-7-22(21)33-3/h4-13,16H,14-15H2,1-3H3,(H,27,32). The molecule has 4 aromatic rings. The fraction of sp³-hybridized carbons (Fsp3) is 0.231. The number of amides is 1. The lowest BCUT2D eigenvalue weighted by atomic mass is 9.94. The lowest BCUT2D eigenvalue weighted by Gasteiger charge is -2.18. The third-order valence-corrected chi connectivity index (χ3v) is 5.99. The van der Waals surface area contributed by atoms with Crippen LogP contribution < -0.4 is 14.8 Å². The zero-order chi connectivity index (χ0) is 23.7. The van der Waals surface area contributed by atoms with Crippen LogP contribution >= 0.6 is 0 Å². The summed E-state index contributed by atoms with van der Waals surface area (Å²) in [7, 11) is 1.63. The lowest BCUT2D eigenvalue weighted by Crippen LogP contribution is -2.28. The van der Waals surface area contributed by atoms with E-state index in [1.807, 2.05) is 62.4 Å². The number of ether oxygens (including phenoxy) is 2. The van der Waals surface area contributed by atoms with Crippen molar-refractivity contribution < 1.29 is 14.3 Å². The van der Waals surface area contributed by atoms with E-state index in [4.69, 9.17) is 9.47 Å². The highest BCUT2D eigenvalue weighted by Crippen LogP contribution is 2.52. The average molecular weight is 456 g/mol. The third-order valence-electron chi connectivity index (χ3n) is 5.99. The third kappa shape index (κ3) is 4.10. The molecular formula is C26H25N5O3. The molecule has 1 fully saturated rings. The summed E-state index contributed by atoms with van der Waals surface area (Å²) in [4.78, 5) is 13.1. The number of carbonyl (C=O) groups is 1. The SMILES string of the molecule is COc1ccccc1C1(C(=O)Nc2ccc(Oc3ccc(-n4nc(C)cc4C)nn3)cc2)CC1. The largest absolute Gasteiger partial charge is 0.496 e. The minimum Gasteiger partial charge on any atom is -0.496 e. The Morgan fingerprint density at radius 1 is 1.00 bits per heavy atom. The maximum absolute atomic E-state index is 13.1. The molecule has 1 aliphatic carbocycles. The van der Waals surface area contributed by atoms with E-state index in [2.05, 4.69) is 20.6 Å². The summed E-state index contributed by atoms with van der Waals surface area (Å²) in [6.45, 7) is 3.90. The van der Waals surface area contributed by atoms with Crippen molar-refractivity contribution in [2.24, 2.45) is 0 Å². The Bertz CT molecular complexity index is 1330. The second-order valence-electron chi connectivity index (χ2n) is 8.43. The quantitative estimate of drug-likeness (QED) is 0.432. The van der Waals surface area contributed by atoms with Crippen molar-refractivity contribution in [2.75, 3.05) is 12.4 Å². The zero-order valence-corrected chi connectivity index (χ0v) is 19.3. The summed E-state index contributed by atoms with van der Waals surface area (Å²) in [5.74, 6) is 2.30. The summed E-state index contributed by atoms with van der Waals surface area (Å²) in [5.41, 5.74) is 2.99. The van der Waals surface area contributed by atoms with Crippen molar-refractivity contribution in [2.45, 2.75) is 32.1 Å². The number of anilines is 1. The molecule has 5 rings (SSSR count). The molecule has 0 saturated heterocycles.